The van der Waals surface area contributed by atoms with Crippen LogP contribution in [0.25, 0.3) is 0 Å². The number of nitrogens with zero attached hydrogens (tertiary/aromatic N) is 2. The molecule has 1 unspecified atom stereocenters. The molecule has 1 saturated heterocycles. The van der Waals surface area contributed by atoms with Gasteiger partial charge in [-0.2, -0.15) is 0 Å². The summed E-state index contributed by atoms with van der Waals surface area (Å²) in [7, 11) is 2.07. The van der Waals surface area contributed by atoms with Crippen molar-refractivity contribution in [2.24, 2.45) is 5.92 Å². The molecule has 1 aliphatic rings. The van der Waals surface area contributed by atoms with Gasteiger partial charge in [0, 0.05) is 6.54 Å². The topological polar surface area (TPSA) is 53.4 Å². The third-order valence-electron chi connectivity index (χ3n) is 3.14. The van der Waals surface area contributed by atoms with Crippen molar-refractivity contribution < 1.29 is 9.90 Å². The zero-order valence-corrected chi connectivity index (χ0v) is 10.4. The van der Waals surface area contributed by atoms with Crippen molar-refractivity contribution in [3.63, 3.8) is 0 Å². The fourth-order valence-corrected chi connectivity index (χ4v) is 2.46. The zero-order chi connectivity index (χ0) is 12.4. The molecule has 92 valence electrons. The van der Waals surface area contributed by atoms with E-state index in [1.807, 2.05) is 0 Å². The van der Waals surface area contributed by atoms with Gasteiger partial charge in [-0.1, -0.05) is 11.6 Å². The zero-order valence-electron chi connectivity index (χ0n) is 9.69. The number of hydrogen-bond donors (Lipinski definition) is 1. The molecule has 0 aromatic carbocycles. The van der Waals surface area contributed by atoms with Crippen molar-refractivity contribution in [3.05, 3.63) is 28.5 Å². The first-order valence-corrected chi connectivity index (χ1v) is 6.01. The second-order valence-electron chi connectivity index (χ2n) is 4.55. The van der Waals surface area contributed by atoms with Crippen LogP contribution in [0.3, 0.4) is 0 Å². The number of carbonyl (C=O) groups is 1. The van der Waals surface area contributed by atoms with Gasteiger partial charge in [0.15, 0.2) is 0 Å². The maximum Gasteiger partial charge on any atom is 0.337 e. The lowest BCUT2D eigenvalue weighted by Crippen LogP contribution is -2.16. The number of carboxylic acids is 1. The lowest BCUT2D eigenvalue weighted by molar-refractivity contribution is 0.0695. The predicted molar refractivity (Wildman–Crippen MR) is 65.5 cm³/mol. The highest BCUT2D eigenvalue weighted by Crippen LogP contribution is 2.21. The molecule has 0 saturated carbocycles. The Bertz CT molecular complexity index is 437. The van der Waals surface area contributed by atoms with Crippen molar-refractivity contribution in [1.29, 1.82) is 0 Å². The van der Waals surface area contributed by atoms with E-state index in [0.29, 0.717) is 23.2 Å². The summed E-state index contributed by atoms with van der Waals surface area (Å²) < 4.78 is 0. The lowest BCUT2D eigenvalue weighted by Gasteiger charge is -2.11. The molecular weight excluding hydrogens is 240 g/mol. The Morgan fingerprint density at radius 2 is 2.41 bits per heavy atom. The van der Waals surface area contributed by atoms with Crippen LogP contribution in [0, 0.1) is 5.92 Å². The monoisotopic (exact) mass is 254 g/mol. The maximum absolute atomic E-state index is 11.1. The summed E-state index contributed by atoms with van der Waals surface area (Å²) in [6.07, 6.45) is 1.77. The molecule has 2 heterocycles. The number of aromatic nitrogens is 1. The van der Waals surface area contributed by atoms with Gasteiger partial charge in [0.2, 0.25) is 0 Å². The molecule has 0 spiro atoms. The van der Waals surface area contributed by atoms with Crippen molar-refractivity contribution in [3.8, 4) is 0 Å². The van der Waals surface area contributed by atoms with E-state index in [2.05, 4.69) is 16.9 Å². The molecule has 1 fully saturated rings. The molecule has 17 heavy (non-hydrogen) atoms. The molecule has 5 heteroatoms. The van der Waals surface area contributed by atoms with Crippen molar-refractivity contribution in [1.82, 2.24) is 9.88 Å². The van der Waals surface area contributed by atoms with Crippen LogP contribution in [-0.4, -0.2) is 41.1 Å². The van der Waals surface area contributed by atoms with Gasteiger partial charge in [-0.3, -0.25) is 0 Å². The minimum Gasteiger partial charge on any atom is -0.478 e. The Hall–Kier alpha value is -1.13. The molecule has 1 aromatic heterocycles. The van der Waals surface area contributed by atoms with Gasteiger partial charge in [0.05, 0.1) is 11.3 Å². The van der Waals surface area contributed by atoms with E-state index in [1.165, 1.54) is 12.1 Å². The van der Waals surface area contributed by atoms with E-state index < -0.39 is 5.97 Å². The first kappa shape index (κ1) is 12.3. The SMILES string of the molecule is CN1CCC(Cc2nc(Cl)ccc2C(=O)O)C1. The first-order valence-electron chi connectivity index (χ1n) is 5.63. The number of halogens is 1. The van der Waals surface area contributed by atoms with Crippen LogP contribution in [0.4, 0.5) is 0 Å². The average molecular weight is 255 g/mol. The van der Waals surface area contributed by atoms with E-state index in [0.717, 1.165) is 19.5 Å². The quantitative estimate of drug-likeness (QED) is 0.838. The smallest absolute Gasteiger partial charge is 0.337 e. The molecule has 0 bridgehead atoms. The fraction of sp³-hybridized carbons (Fsp3) is 0.500. The summed E-state index contributed by atoms with van der Waals surface area (Å²) in [6.45, 7) is 2.06. The molecular formula is C12H15ClN2O2. The van der Waals surface area contributed by atoms with E-state index in [-0.39, 0.29) is 5.56 Å². The molecule has 0 radical (unpaired) electrons. The summed E-state index contributed by atoms with van der Waals surface area (Å²) in [5.41, 5.74) is 0.870. The van der Waals surface area contributed by atoms with E-state index in [9.17, 15) is 4.79 Å². The van der Waals surface area contributed by atoms with Crippen LogP contribution < -0.4 is 0 Å². The van der Waals surface area contributed by atoms with E-state index >= 15 is 0 Å². The van der Waals surface area contributed by atoms with Gasteiger partial charge < -0.3 is 10.0 Å². The van der Waals surface area contributed by atoms with Gasteiger partial charge in [-0.05, 0) is 44.5 Å². The number of rotatable bonds is 3. The van der Waals surface area contributed by atoms with Crippen LogP contribution in [0.2, 0.25) is 5.15 Å². The van der Waals surface area contributed by atoms with Crippen molar-refractivity contribution in [2.45, 2.75) is 12.8 Å². The Kier molecular flexibility index (Phi) is 3.64. The Morgan fingerprint density at radius 1 is 1.65 bits per heavy atom. The van der Waals surface area contributed by atoms with Gasteiger partial charge in [0.25, 0.3) is 0 Å². The lowest BCUT2D eigenvalue weighted by atomic mass is 9.99. The highest BCUT2D eigenvalue weighted by molar-refractivity contribution is 6.29. The molecule has 0 aliphatic carbocycles. The minimum absolute atomic E-state index is 0.268. The normalized spacial score (nSPS) is 20.7. The molecule has 4 nitrogen and oxygen atoms in total. The predicted octanol–water partition coefficient (Wildman–Crippen LogP) is 1.93. The van der Waals surface area contributed by atoms with Gasteiger partial charge in [-0.15, -0.1) is 0 Å². The molecule has 1 atom stereocenters. The Labute approximate surface area is 105 Å². The van der Waals surface area contributed by atoms with Crippen molar-refractivity contribution >= 4 is 17.6 Å². The van der Waals surface area contributed by atoms with Gasteiger partial charge >= 0.3 is 5.97 Å². The van der Waals surface area contributed by atoms with E-state index in [4.69, 9.17) is 16.7 Å². The molecule has 2 rings (SSSR count). The maximum atomic E-state index is 11.1. The number of hydrogen-bond acceptors (Lipinski definition) is 3. The summed E-state index contributed by atoms with van der Waals surface area (Å²) >= 11 is 5.82. The Balaban J connectivity index is 2.19. The van der Waals surface area contributed by atoms with Crippen LogP contribution in [0.15, 0.2) is 12.1 Å². The van der Waals surface area contributed by atoms with Gasteiger partial charge in [0.1, 0.15) is 5.15 Å². The third kappa shape index (κ3) is 2.96. The van der Waals surface area contributed by atoms with Crippen LogP contribution in [-0.2, 0) is 6.42 Å². The second-order valence-corrected chi connectivity index (χ2v) is 4.94. The number of carboxylic acid groups (broad SMARTS) is 1. The highest BCUT2D eigenvalue weighted by Gasteiger charge is 2.22. The van der Waals surface area contributed by atoms with Crippen molar-refractivity contribution in [2.75, 3.05) is 20.1 Å². The van der Waals surface area contributed by atoms with Crippen LogP contribution in [0.5, 0.6) is 0 Å². The minimum atomic E-state index is -0.935. The van der Waals surface area contributed by atoms with E-state index in [1.54, 1.807) is 0 Å². The number of aromatic carboxylic acids is 1. The van der Waals surface area contributed by atoms with Crippen LogP contribution in [0.1, 0.15) is 22.5 Å². The fourth-order valence-electron chi connectivity index (χ4n) is 2.29. The molecule has 1 N–H and O–H groups in total. The number of pyridine rings is 1. The standard InChI is InChI=1S/C12H15ClN2O2/c1-15-5-4-8(7-15)6-10-9(12(16)17)2-3-11(13)14-10/h2-3,8H,4-7H2,1H3,(H,16,17). The number of likely N-dealkylation sites (tertiary alicyclic amines) is 1. The third-order valence-corrected chi connectivity index (χ3v) is 3.35. The van der Waals surface area contributed by atoms with Crippen LogP contribution >= 0.6 is 11.6 Å². The molecule has 1 aromatic rings. The largest absolute Gasteiger partial charge is 0.478 e. The summed E-state index contributed by atoms with van der Waals surface area (Å²) in [5, 5.41) is 9.45. The summed E-state index contributed by atoms with van der Waals surface area (Å²) in [6, 6.07) is 3.06. The highest BCUT2D eigenvalue weighted by atomic mass is 35.5. The summed E-state index contributed by atoms with van der Waals surface area (Å²) in [4.78, 5) is 17.5. The average Bonchev–Trinajstić information content (AvgIpc) is 2.63. The summed E-state index contributed by atoms with van der Waals surface area (Å²) in [5.74, 6) is -0.459. The Morgan fingerprint density at radius 3 is 3.00 bits per heavy atom. The van der Waals surface area contributed by atoms with Gasteiger partial charge in [-0.25, -0.2) is 9.78 Å². The second kappa shape index (κ2) is 5.02. The molecule has 0 amide bonds. The first-order chi connectivity index (χ1) is 8.06. The molecule has 1 aliphatic heterocycles.